The summed E-state index contributed by atoms with van der Waals surface area (Å²) < 4.78 is 12.3. The van der Waals surface area contributed by atoms with Crippen LogP contribution in [0.1, 0.15) is 6.92 Å². The number of ether oxygens (including phenoxy) is 2. The van der Waals surface area contributed by atoms with Crippen molar-refractivity contribution in [3.63, 3.8) is 0 Å². The van der Waals surface area contributed by atoms with Crippen LogP contribution in [0, 0.1) is 0 Å². The third kappa shape index (κ3) is 4.20. The van der Waals surface area contributed by atoms with Crippen LogP contribution in [0.5, 0.6) is 5.75 Å². The lowest BCUT2D eigenvalue weighted by atomic mass is 10.1. The number of rotatable bonds is 7. The van der Waals surface area contributed by atoms with Crippen LogP contribution in [0.25, 0.3) is 10.8 Å². The summed E-state index contributed by atoms with van der Waals surface area (Å²) >= 11 is 3.48. The van der Waals surface area contributed by atoms with Crippen LogP contribution in [0.2, 0.25) is 0 Å². The van der Waals surface area contributed by atoms with E-state index >= 15 is 0 Å². The molecule has 2 rings (SSSR count). The first-order valence-electron chi connectivity index (χ1n) is 6.78. The molecule has 1 unspecified atom stereocenters. The smallest absolute Gasteiger partial charge is 0.134 e. The molecule has 1 atom stereocenters. The van der Waals surface area contributed by atoms with Gasteiger partial charge in [-0.15, -0.1) is 0 Å². The van der Waals surface area contributed by atoms with E-state index in [1.807, 2.05) is 12.1 Å². The first kappa shape index (κ1) is 15.3. The second-order valence-corrected chi connectivity index (χ2v) is 5.57. The van der Waals surface area contributed by atoms with E-state index in [0.29, 0.717) is 6.61 Å². The number of fused-ring (bicyclic) bond motifs is 1. The van der Waals surface area contributed by atoms with E-state index in [1.165, 1.54) is 10.8 Å². The molecule has 0 aliphatic rings. The molecule has 108 valence electrons. The Bertz CT molecular complexity index is 559. The lowest BCUT2D eigenvalue weighted by Gasteiger charge is -2.19. The van der Waals surface area contributed by atoms with Gasteiger partial charge >= 0.3 is 0 Å². The summed E-state index contributed by atoms with van der Waals surface area (Å²) in [5, 5.41) is 5.65. The predicted octanol–water partition coefficient (Wildman–Crippen LogP) is 3.61. The van der Waals surface area contributed by atoms with Gasteiger partial charge in [0.05, 0.1) is 6.61 Å². The Hall–Kier alpha value is -1.10. The van der Waals surface area contributed by atoms with Crippen molar-refractivity contribution in [2.45, 2.75) is 13.0 Å². The standard InChI is InChI=1S/C16H20BrNO2/c1-3-18-10-16(11-19-2)20-15-7-5-12-8-14(17)6-4-13(12)9-15/h4-9,16,18H,3,10-11H2,1-2H3. The SMILES string of the molecule is CCNCC(COC)Oc1ccc2cc(Br)ccc2c1. The molecule has 0 aromatic heterocycles. The summed E-state index contributed by atoms with van der Waals surface area (Å²) in [5.41, 5.74) is 0. The molecular weight excluding hydrogens is 318 g/mol. The molecule has 3 nitrogen and oxygen atoms in total. The fourth-order valence-electron chi connectivity index (χ4n) is 2.09. The van der Waals surface area contributed by atoms with Crippen LogP contribution in [-0.2, 0) is 4.74 Å². The zero-order valence-electron chi connectivity index (χ0n) is 11.9. The highest BCUT2D eigenvalue weighted by molar-refractivity contribution is 9.10. The molecule has 4 heteroatoms. The summed E-state index contributed by atoms with van der Waals surface area (Å²) in [6.07, 6.45) is 0.0212. The molecule has 0 heterocycles. The highest BCUT2D eigenvalue weighted by Gasteiger charge is 2.10. The topological polar surface area (TPSA) is 30.5 Å². The van der Waals surface area contributed by atoms with Crippen molar-refractivity contribution in [3.8, 4) is 5.75 Å². The van der Waals surface area contributed by atoms with Crippen LogP contribution in [0.4, 0.5) is 0 Å². The number of halogens is 1. The number of hydrogen-bond donors (Lipinski definition) is 1. The lowest BCUT2D eigenvalue weighted by Crippen LogP contribution is -2.34. The normalized spacial score (nSPS) is 12.6. The first-order chi connectivity index (χ1) is 9.72. The third-order valence-electron chi connectivity index (χ3n) is 3.05. The molecule has 2 aromatic rings. The lowest BCUT2D eigenvalue weighted by molar-refractivity contribution is 0.0811. The third-order valence-corrected chi connectivity index (χ3v) is 3.54. The van der Waals surface area contributed by atoms with Gasteiger partial charge in [0.2, 0.25) is 0 Å². The Kier molecular flexibility index (Phi) is 5.83. The monoisotopic (exact) mass is 337 g/mol. The van der Waals surface area contributed by atoms with Crippen molar-refractivity contribution in [2.75, 3.05) is 26.8 Å². The van der Waals surface area contributed by atoms with Gasteiger partial charge in [-0.3, -0.25) is 0 Å². The molecule has 0 radical (unpaired) electrons. The van der Waals surface area contributed by atoms with E-state index in [2.05, 4.69) is 52.4 Å². The van der Waals surface area contributed by atoms with Gasteiger partial charge in [0.1, 0.15) is 11.9 Å². The second-order valence-electron chi connectivity index (χ2n) is 4.66. The van der Waals surface area contributed by atoms with Gasteiger partial charge in [0.25, 0.3) is 0 Å². The summed E-state index contributed by atoms with van der Waals surface area (Å²) in [5.74, 6) is 0.875. The van der Waals surface area contributed by atoms with Crippen LogP contribution in [0.15, 0.2) is 40.9 Å². The summed E-state index contributed by atoms with van der Waals surface area (Å²) in [4.78, 5) is 0. The van der Waals surface area contributed by atoms with Crippen molar-refractivity contribution in [1.29, 1.82) is 0 Å². The number of likely N-dealkylation sites (N-methyl/N-ethyl adjacent to an activating group) is 1. The van der Waals surface area contributed by atoms with Crippen LogP contribution in [0.3, 0.4) is 0 Å². The van der Waals surface area contributed by atoms with Gasteiger partial charge in [0.15, 0.2) is 0 Å². The minimum atomic E-state index is 0.0212. The Labute approximate surface area is 128 Å². The maximum Gasteiger partial charge on any atom is 0.134 e. The van der Waals surface area contributed by atoms with Crippen molar-refractivity contribution in [1.82, 2.24) is 5.32 Å². The Balaban J connectivity index is 2.12. The van der Waals surface area contributed by atoms with Gasteiger partial charge in [0, 0.05) is 18.1 Å². The molecule has 2 aromatic carbocycles. The zero-order chi connectivity index (χ0) is 14.4. The van der Waals surface area contributed by atoms with Crippen molar-refractivity contribution in [3.05, 3.63) is 40.9 Å². The largest absolute Gasteiger partial charge is 0.487 e. The van der Waals surface area contributed by atoms with E-state index in [0.717, 1.165) is 23.3 Å². The molecule has 0 fully saturated rings. The van der Waals surface area contributed by atoms with Crippen LogP contribution in [-0.4, -0.2) is 32.9 Å². The number of hydrogen-bond acceptors (Lipinski definition) is 3. The fraction of sp³-hybridized carbons (Fsp3) is 0.375. The molecule has 0 spiro atoms. The fourth-order valence-corrected chi connectivity index (χ4v) is 2.47. The van der Waals surface area contributed by atoms with Crippen LogP contribution >= 0.6 is 15.9 Å². The molecule has 0 amide bonds. The first-order valence-corrected chi connectivity index (χ1v) is 7.58. The molecule has 20 heavy (non-hydrogen) atoms. The molecule has 0 bridgehead atoms. The average molecular weight is 338 g/mol. The Morgan fingerprint density at radius 2 is 1.90 bits per heavy atom. The maximum absolute atomic E-state index is 6.00. The molecule has 1 N–H and O–H groups in total. The molecule has 0 saturated carbocycles. The quantitative estimate of drug-likeness (QED) is 0.837. The van der Waals surface area contributed by atoms with Gasteiger partial charge in [-0.05, 0) is 41.6 Å². The summed E-state index contributed by atoms with van der Waals surface area (Å²) in [7, 11) is 1.69. The predicted molar refractivity (Wildman–Crippen MR) is 86.5 cm³/mol. The van der Waals surface area contributed by atoms with Crippen molar-refractivity contribution >= 4 is 26.7 Å². The minimum absolute atomic E-state index is 0.0212. The number of methoxy groups -OCH3 is 1. The zero-order valence-corrected chi connectivity index (χ0v) is 13.4. The maximum atomic E-state index is 6.00. The Morgan fingerprint density at radius 1 is 1.15 bits per heavy atom. The van der Waals surface area contributed by atoms with Crippen LogP contribution < -0.4 is 10.1 Å². The second kappa shape index (κ2) is 7.62. The number of nitrogens with one attached hydrogen (secondary N) is 1. The van der Waals surface area contributed by atoms with Gasteiger partial charge in [-0.1, -0.05) is 35.0 Å². The highest BCUT2D eigenvalue weighted by atomic mass is 79.9. The molecule has 0 aliphatic carbocycles. The highest BCUT2D eigenvalue weighted by Crippen LogP contribution is 2.24. The Morgan fingerprint density at radius 3 is 2.65 bits per heavy atom. The van der Waals surface area contributed by atoms with E-state index in [1.54, 1.807) is 7.11 Å². The number of benzene rings is 2. The molecule has 0 saturated heterocycles. The summed E-state index contributed by atoms with van der Waals surface area (Å²) in [6, 6.07) is 12.4. The van der Waals surface area contributed by atoms with Gasteiger partial charge in [-0.2, -0.15) is 0 Å². The van der Waals surface area contributed by atoms with Gasteiger partial charge in [-0.25, -0.2) is 0 Å². The van der Waals surface area contributed by atoms with E-state index < -0.39 is 0 Å². The summed E-state index contributed by atoms with van der Waals surface area (Å²) in [6.45, 7) is 4.36. The minimum Gasteiger partial charge on any atom is -0.487 e. The van der Waals surface area contributed by atoms with Gasteiger partial charge < -0.3 is 14.8 Å². The van der Waals surface area contributed by atoms with Crippen molar-refractivity contribution < 1.29 is 9.47 Å². The van der Waals surface area contributed by atoms with E-state index in [4.69, 9.17) is 9.47 Å². The molecule has 0 aliphatic heterocycles. The van der Waals surface area contributed by atoms with Crippen molar-refractivity contribution in [2.24, 2.45) is 0 Å². The molecular formula is C16H20BrNO2. The van der Waals surface area contributed by atoms with E-state index in [-0.39, 0.29) is 6.10 Å². The van der Waals surface area contributed by atoms with E-state index in [9.17, 15) is 0 Å². The average Bonchev–Trinajstić information content (AvgIpc) is 2.45.